The maximum absolute atomic E-state index is 13.7. The van der Waals surface area contributed by atoms with Gasteiger partial charge < -0.3 is 16.0 Å². The van der Waals surface area contributed by atoms with Crippen LogP contribution in [0.25, 0.3) is 0 Å². The molecule has 18 heavy (non-hydrogen) atoms. The highest BCUT2D eigenvalue weighted by molar-refractivity contribution is 7.80. The van der Waals surface area contributed by atoms with Crippen LogP contribution >= 0.6 is 12.2 Å². The second kappa shape index (κ2) is 5.63. The third-order valence-corrected chi connectivity index (χ3v) is 3.54. The molecular formula is C13H18FN3S. The van der Waals surface area contributed by atoms with Crippen molar-refractivity contribution in [1.82, 2.24) is 4.90 Å². The fourth-order valence-electron chi connectivity index (χ4n) is 2.19. The van der Waals surface area contributed by atoms with Gasteiger partial charge in [0.25, 0.3) is 0 Å². The lowest BCUT2D eigenvalue weighted by molar-refractivity contribution is 0.264. The molecule has 0 radical (unpaired) electrons. The van der Waals surface area contributed by atoms with E-state index in [1.807, 2.05) is 6.07 Å². The topological polar surface area (TPSA) is 41.3 Å². The monoisotopic (exact) mass is 267 g/mol. The van der Waals surface area contributed by atoms with Crippen LogP contribution in [-0.2, 0) is 0 Å². The molecule has 1 aliphatic heterocycles. The van der Waals surface area contributed by atoms with Crippen molar-refractivity contribution in [3.8, 4) is 0 Å². The van der Waals surface area contributed by atoms with Crippen molar-refractivity contribution in [1.29, 1.82) is 0 Å². The molecule has 1 aliphatic rings. The Morgan fingerprint density at radius 2 is 2.11 bits per heavy atom. The summed E-state index contributed by atoms with van der Waals surface area (Å²) in [6.07, 6.45) is 2.16. The van der Waals surface area contributed by atoms with Crippen molar-refractivity contribution in [2.45, 2.75) is 18.9 Å². The summed E-state index contributed by atoms with van der Waals surface area (Å²) in [5, 5.41) is 3.36. The van der Waals surface area contributed by atoms with Gasteiger partial charge in [0.2, 0.25) is 0 Å². The molecule has 1 heterocycles. The van der Waals surface area contributed by atoms with Crippen LogP contribution in [0.2, 0.25) is 0 Å². The summed E-state index contributed by atoms with van der Waals surface area (Å²) in [6.45, 7) is 2.15. The summed E-state index contributed by atoms with van der Waals surface area (Å²) < 4.78 is 13.7. The Balaban J connectivity index is 2.02. The van der Waals surface area contributed by atoms with Gasteiger partial charge in [0, 0.05) is 17.3 Å². The number of hydrogen-bond donors (Lipinski definition) is 2. The van der Waals surface area contributed by atoms with Crippen molar-refractivity contribution in [3.05, 3.63) is 29.6 Å². The Morgan fingerprint density at radius 1 is 1.44 bits per heavy atom. The number of thiocarbonyl (C=S) groups is 1. The van der Waals surface area contributed by atoms with E-state index in [2.05, 4.69) is 17.3 Å². The molecular weight excluding hydrogens is 249 g/mol. The first-order valence-corrected chi connectivity index (χ1v) is 6.51. The average molecular weight is 267 g/mol. The number of halogens is 1. The Morgan fingerprint density at radius 3 is 2.67 bits per heavy atom. The van der Waals surface area contributed by atoms with E-state index in [9.17, 15) is 4.39 Å². The minimum Gasteiger partial charge on any atom is -0.389 e. The highest BCUT2D eigenvalue weighted by atomic mass is 32.1. The molecule has 0 atom stereocenters. The molecule has 1 aromatic carbocycles. The smallest absolute Gasteiger partial charge is 0.135 e. The lowest BCUT2D eigenvalue weighted by atomic mass is 10.0. The fraction of sp³-hybridized carbons (Fsp3) is 0.462. The lowest BCUT2D eigenvalue weighted by Crippen LogP contribution is -2.36. The molecule has 0 aromatic heterocycles. The number of nitrogens with two attached hydrogens (primary N) is 1. The van der Waals surface area contributed by atoms with Gasteiger partial charge in [0.05, 0.1) is 0 Å². The van der Waals surface area contributed by atoms with Crippen molar-refractivity contribution in [2.75, 3.05) is 25.5 Å². The standard InChI is InChI=1S/C13H18FN3S/c1-17-6-4-9(5-7-17)16-10-2-3-11(13(15)18)12(14)8-10/h2-3,8-9,16H,4-7H2,1H3,(H2,15,18). The zero-order chi connectivity index (χ0) is 13.1. The van der Waals surface area contributed by atoms with Gasteiger partial charge in [0.1, 0.15) is 10.8 Å². The summed E-state index contributed by atoms with van der Waals surface area (Å²) >= 11 is 4.78. The molecule has 0 bridgehead atoms. The molecule has 0 aliphatic carbocycles. The molecule has 1 fully saturated rings. The van der Waals surface area contributed by atoms with Gasteiger partial charge in [-0.2, -0.15) is 0 Å². The van der Waals surface area contributed by atoms with E-state index in [1.54, 1.807) is 6.07 Å². The highest BCUT2D eigenvalue weighted by Gasteiger charge is 2.16. The molecule has 98 valence electrons. The van der Waals surface area contributed by atoms with Crippen molar-refractivity contribution >= 4 is 22.9 Å². The molecule has 3 N–H and O–H groups in total. The van der Waals surface area contributed by atoms with E-state index in [0.29, 0.717) is 11.6 Å². The van der Waals surface area contributed by atoms with Crippen LogP contribution < -0.4 is 11.1 Å². The van der Waals surface area contributed by atoms with Crippen LogP contribution in [0.15, 0.2) is 18.2 Å². The Labute approximate surface area is 112 Å². The molecule has 0 amide bonds. The molecule has 0 saturated carbocycles. The molecule has 1 saturated heterocycles. The van der Waals surface area contributed by atoms with Gasteiger partial charge in [-0.15, -0.1) is 0 Å². The molecule has 1 aromatic rings. The van der Waals surface area contributed by atoms with E-state index < -0.39 is 0 Å². The van der Waals surface area contributed by atoms with E-state index in [1.165, 1.54) is 6.07 Å². The summed E-state index contributed by atoms with van der Waals surface area (Å²) in [5.74, 6) is -0.361. The summed E-state index contributed by atoms with van der Waals surface area (Å²) in [5.41, 5.74) is 6.53. The molecule has 3 nitrogen and oxygen atoms in total. The fourth-order valence-corrected chi connectivity index (χ4v) is 2.36. The third-order valence-electron chi connectivity index (χ3n) is 3.32. The van der Waals surface area contributed by atoms with Crippen LogP contribution in [0.1, 0.15) is 18.4 Å². The maximum atomic E-state index is 13.7. The number of likely N-dealkylation sites (tertiary alicyclic amines) is 1. The number of nitrogens with one attached hydrogen (secondary N) is 1. The van der Waals surface area contributed by atoms with E-state index in [0.717, 1.165) is 31.6 Å². The number of piperidine rings is 1. The maximum Gasteiger partial charge on any atom is 0.135 e. The minimum atomic E-state index is -0.361. The highest BCUT2D eigenvalue weighted by Crippen LogP contribution is 2.18. The minimum absolute atomic E-state index is 0.0957. The van der Waals surface area contributed by atoms with Crippen molar-refractivity contribution in [3.63, 3.8) is 0 Å². The van der Waals surface area contributed by atoms with E-state index in [-0.39, 0.29) is 10.8 Å². The largest absolute Gasteiger partial charge is 0.389 e. The van der Waals surface area contributed by atoms with E-state index >= 15 is 0 Å². The molecule has 5 heteroatoms. The third kappa shape index (κ3) is 3.17. The van der Waals surface area contributed by atoms with E-state index in [4.69, 9.17) is 18.0 Å². The Hall–Kier alpha value is -1.20. The first-order chi connectivity index (χ1) is 8.56. The second-order valence-corrected chi connectivity index (χ2v) is 5.22. The zero-order valence-electron chi connectivity index (χ0n) is 10.4. The summed E-state index contributed by atoms with van der Waals surface area (Å²) in [4.78, 5) is 2.40. The predicted octanol–water partition coefficient (Wildman–Crippen LogP) is 1.97. The lowest BCUT2D eigenvalue weighted by Gasteiger charge is -2.30. The van der Waals surface area contributed by atoms with Crippen molar-refractivity contribution in [2.24, 2.45) is 5.73 Å². The molecule has 0 unspecified atom stereocenters. The summed E-state index contributed by atoms with van der Waals surface area (Å²) in [6, 6.07) is 5.34. The van der Waals surface area contributed by atoms with Gasteiger partial charge in [-0.05, 0) is 51.2 Å². The van der Waals surface area contributed by atoms with Gasteiger partial charge in [-0.25, -0.2) is 4.39 Å². The normalized spacial score (nSPS) is 17.7. The number of rotatable bonds is 3. The van der Waals surface area contributed by atoms with Crippen molar-refractivity contribution < 1.29 is 4.39 Å². The second-order valence-electron chi connectivity index (χ2n) is 4.78. The first-order valence-electron chi connectivity index (χ1n) is 6.10. The average Bonchev–Trinajstić information content (AvgIpc) is 2.32. The van der Waals surface area contributed by atoms with Gasteiger partial charge in [-0.3, -0.25) is 0 Å². The zero-order valence-corrected chi connectivity index (χ0v) is 11.3. The number of nitrogens with zero attached hydrogens (tertiary/aromatic N) is 1. The van der Waals surface area contributed by atoms with Gasteiger partial charge >= 0.3 is 0 Å². The van der Waals surface area contributed by atoms with Crippen LogP contribution in [0.4, 0.5) is 10.1 Å². The van der Waals surface area contributed by atoms with Crippen LogP contribution in [-0.4, -0.2) is 36.1 Å². The quantitative estimate of drug-likeness (QED) is 0.822. The first kappa shape index (κ1) is 13.2. The predicted molar refractivity (Wildman–Crippen MR) is 76.4 cm³/mol. The van der Waals surface area contributed by atoms with Gasteiger partial charge in [-0.1, -0.05) is 12.2 Å². The number of anilines is 1. The number of benzene rings is 1. The number of hydrogen-bond acceptors (Lipinski definition) is 3. The Bertz CT molecular complexity index is 442. The SMILES string of the molecule is CN1CCC(Nc2ccc(C(N)=S)c(F)c2)CC1. The molecule has 0 spiro atoms. The van der Waals surface area contributed by atoms with Crippen LogP contribution in [0.3, 0.4) is 0 Å². The molecule has 2 rings (SSSR count). The van der Waals surface area contributed by atoms with Crippen LogP contribution in [0, 0.1) is 5.82 Å². The van der Waals surface area contributed by atoms with Crippen LogP contribution in [0.5, 0.6) is 0 Å². The van der Waals surface area contributed by atoms with Gasteiger partial charge in [0.15, 0.2) is 0 Å². The summed E-state index contributed by atoms with van der Waals surface area (Å²) in [7, 11) is 2.12. The Kier molecular flexibility index (Phi) is 4.14.